The van der Waals surface area contributed by atoms with Crippen molar-refractivity contribution in [1.29, 1.82) is 0 Å². The Morgan fingerprint density at radius 3 is 2.75 bits per heavy atom. The Morgan fingerprint density at radius 1 is 1.36 bits per heavy atom. The first-order valence-corrected chi connectivity index (χ1v) is 9.95. The van der Waals surface area contributed by atoms with Gasteiger partial charge in [-0.05, 0) is 36.6 Å². The maximum Gasteiger partial charge on any atom is 0.326 e. The summed E-state index contributed by atoms with van der Waals surface area (Å²) in [7, 11) is -4.26. The predicted molar refractivity (Wildman–Crippen MR) is 103 cm³/mol. The van der Waals surface area contributed by atoms with Gasteiger partial charge in [0.15, 0.2) is 5.82 Å². The van der Waals surface area contributed by atoms with E-state index in [0.717, 1.165) is 5.57 Å². The van der Waals surface area contributed by atoms with E-state index < -0.39 is 39.9 Å². The Balaban J connectivity index is 1.93. The van der Waals surface area contributed by atoms with Crippen molar-refractivity contribution in [3.8, 4) is 11.5 Å². The Kier molecular flexibility index (Phi) is 5.43. The fourth-order valence-electron chi connectivity index (χ4n) is 2.92. The van der Waals surface area contributed by atoms with Gasteiger partial charge >= 0.3 is 10.2 Å². The molecule has 0 spiro atoms. The van der Waals surface area contributed by atoms with E-state index in [1.54, 1.807) is 16.9 Å². The third kappa shape index (κ3) is 3.87. The van der Waals surface area contributed by atoms with Gasteiger partial charge in [-0.2, -0.15) is 8.42 Å². The van der Waals surface area contributed by atoms with Gasteiger partial charge in [-0.1, -0.05) is 18.2 Å². The number of fused-ring (bicyclic) bond motifs is 1. The standard InChI is InChI=1S/C18H20FN3O5S/c1-11(4-6-20)5-7-27-13-3-2-12-8-15(23)18(17(19)14(12)9-13)22-10-16(24)21-28(22,25)26/h2-3,8-9,23H,1,4-7,10,20H2,(H,21,24). The molecule has 10 heteroatoms. The van der Waals surface area contributed by atoms with Crippen molar-refractivity contribution in [3.05, 3.63) is 42.2 Å². The van der Waals surface area contributed by atoms with Crippen LogP contribution in [0.1, 0.15) is 12.8 Å². The Morgan fingerprint density at radius 2 is 2.11 bits per heavy atom. The van der Waals surface area contributed by atoms with Crippen molar-refractivity contribution in [3.63, 3.8) is 0 Å². The van der Waals surface area contributed by atoms with E-state index in [1.807, 2.05) is 0 Å². The van der Waals surface area contributed by atoms with E-state index in [-0.39, 0.29) is 5.39 Å². The summed E-state index contributed by atoms with van der Waals surface area (Å²) in [4.78, 5) is 11.4. The SMILES string of the molecule is C=C(CCN)CCOc1ccc2cc(O)c(N3CC(=O)NS3(=O)=O)c(F)c2c1. The first kappa shape index (κ1) is 19.9. The number of halogens is 1. The maximum absolute atomic E-state index is 15.1. The minimum Gasteiger partial charge on any atom is -0.506 e. The fraction of sp³-hybridized carbons (Fsp3) is 0.278. The summed E-state index contributed by atoms with van der Waals surface area (Å²) in [6.07, 6.45) is 1.29. The quantitative estimate of drug-likeness (QED) is 0.597. The number of rotatable bonds is 7. The number of nitrogens with two attached hydrogens (primary N) is 1. The summed E-state index contributed by atoms with van der Waals surface area (Å²) in [6.45, 7) is 4.10. The molecule has 28 heavy (non-hydrogen) atoms. The van der Waals surface area contributed by atoms with Crippen molar-refractivity contribution in [2.75, 3.05) is 24.0 Å². The molecule has 0 saturated carbocycles. The zero-order valence-electron chi connectivity index (χ0n) is 14.9. The van der Waals surface area contributed by atoms with E-state index in [0.29, 0.717) is 41.4 Å². The highest BCUT2D eigenvalue weighted by Gasteiger charge is 2.37. The summed E-state index contributed by atoms with van der Waals surface area (Å²) < 4.78 is 47.0. The molecule has 1 heterocycles. The van der Waals surface area contributed by atoms with Crippen LogP contribution < -0.4 is 19.5 Å². The molecule has 8 nitrogen and oxygen atoms in total. The highest BCUT2D eigenvalue weighted by molar-refractivity contribution is 7.92. The first-order valence-electron chi connectivity index (χ1n) is 8.51. The molecule has 1 aliphatic heterocycles. The largest absolute Gasteiger partial charge is 0.506 e. The third-order valence-electron chi connectivity index (χ3n) is 4.30. The predicted octanol–water partition coefficient (Wildman–Crippen LogP) is 1.54. The molecule has 0 atom stereocenters. The van der Waals surface area contributed by atoms with Crippen LogP contribution in [0.3, 0.4) is 0 Å². The van der Waals surface area contributed by atoms with Crippen LogP contribution in [-0.2, 0) is 15.0 Å². The van der Waals surface area contributed by atoms with E-state index in [1.165, 1.54) is 12.1 Å². The molecule has 150 valence electrons. The number of aromatic hydroxyl groups is 1. The van der Waals surface area contributed by atoms with Crippen molar-refractivity contribution >= 4 is 32.6 Å². The number of amides is 1. The molecular weight excluding hydrogens is 389 g/mol. The van der Waals surface area contributed by atoms with Crippen molar-refractivity contribution < 1.29 is 27.4 Å². The number of anilines is 1. The second kappa shape index (κ2) is 7.64. The molecular formula is C18H20FN3O5S. The molecule has 1 amide bonds. The normalized spacial score (nSPS) is 15.6. The molecule has 3 rings (SSSR count). The van der Waals surface area contributed by atoms with Gasteiger partial charge in [0.05, 0.1) is 6.61 Å². The van der Waals surface area contributed by atoms with Crippen LogP contribution in [0, 0.1) is 5.82 Å². The zero-order chi connectivity index (χ0) is 20.5. The fourth-order valence-corrected chi connectivity index (χ4v) is 4.09. The second-order valence-corrected chi connectivity index (χ2v) is 7.96. The molecule has 2 aromatic carbocycles. The molecule has 1 aliphatic rings. The molecule has 0 unspecified atom stereocenters. The summed E-state index contributed by atoms with van der Waals surface area (Å²) in [6, 6.07) is 5.81. The molecule has 1 saturated heterocycles. The third-order valence-corrected chi connectivity index (χ3v) is 5.67. The van der Waals surface area contributed by atoms with Gasteiger partial charge in [-0.25, -0.2) is 13.4 Å². The Hall–Kier alpha value is -2.85. The van der Waals surface area contributed by atoms with Crippen LogP contribution in [0.25, 0.3) is 10.8 Å². The number of phenols is 1. The Bertz CT molecular complexity index is 1050. The number of carbonyl (C=O) groups is 1. The lowest BCUT2D eigenvalue weighted by molar-refractivity contribution is -0.117. The van der Waals surface area contributed by atoms with E-state index in [2.05, 4.69) is 6.58 Å². The Labute approximate surface area is 161 Å². The summed E-state index contributed by atoms with van der Waals surface area (Å²) in [5.41, 5.74) is 5.82. The monoisotopic (exact) mass is 409 g/mol. The number of nitrogens with zero attached hydrogens (tertiary/aromatic N) is 1. The number of phenolic OH excluding ortho intramolecular Hbond substituents is 1. The van der Waals surface area contributed by atoms with Crippen molar-refractivity contribution in [1.82, 2.24) is 4.72 Å². The minimum atomic E-state index is -4.26. The number of carbonyl (C=O) groups excluding carboxylic acids is 1. The molecule has 0 aliphatic carbocycles. The van der Waals surface area contributed by atoms with Crippen LogP contribution >= 0.6 is 0 Å². The van der Waals surface area contributed by atoms with Gasteiger partial charge < -0.3 is 15.6 Å². The molecule has 2 aromatic rings. The lowest BCUT2D eigenvalue weighted by Gasteiger charge is -2.18. The zero-order valence-corrected chi connectivity index (χ0v) is 15.8. The average molecular weight is 409 g/mol. The van der Waals surface area contributed by atoms with Crippen molar-refractivity contribution in [2.24, 2.45) is 5.73 Å². The van der Waals surface area contributed by atoms with Crippen molar-refractivity contribution in [2.45, 2.75) is 12.8 Å². The summed E-state index contributed by atoms with van der Waals surface area (Å²) in [5, 5.41) is 10.6. The lowest BCUT2D eigenvalue weighted by atomic mass is 10.1. The van der Waals surface area contributed by atoms with Crippen LogP contribution in [0.2, 0.25) is 0 Å². The van der Waals surface area contributed by atoms with Crippen LogP contribution in [0.15, 0.2) is 36.4 Å². The second-order valence-electron chi connectivity index (χ2n) is 6.37. The van der Waals surface area contributed by atoms with Crippen LogP contribution in [0.5, 0.6) is 11.5 Å². The smallest absolute Gasteiger partial charge is 0.326 e. The highest BCUT2D eigenvalue weighted by atomic mass is 32.2. The maximum atomic E-state index is 15.1. The van der Waals surface area contributed by atoms with E-state index in [9.17, 15) is 18.3 Å². The number of nitrogens with one attached hydrogen (secondary N) is 1. The molecule has 0 aromatic heterocycles. The summed E-state index contributed by atoms with van der Waals surface area (Å²) >= 11 is 0. The van der Waals surface area contributed by atoms with Crippen LogP contribution in [0.4, 0.5) is 10.1 Å². The van der Waals surface area contributed by atoms with Gasteiger partial charge in [0.2, 0.25) is 0 Å². The first-order chi connectivity index (χ1) is 13.2. The van der Waals surface area contributed by atoms with Gasteiger partial charge in [0, 0.05) is 11.8 Å². The van der Waals surface area contributed by atoms with Gasteiger partial charge in [-0.3, -0.25) is 4.79 Å². The lowest BCUT2D eigenvalue weighted by Crippen LogP contribution is -2.30. The van der Waals surface area contributed by atoms with E-state index in [4.69, 9.17) is 10.5 Å². The van der Waals surface area contributed by atoms with Gasteiger partial charge in [0.1, 0.15) is 23.7 Å². The topological polar surface area (TPSA) is 122 Å². The average Bonchev–Trinajstić information content (AvgIpc) is 2.88. The van der Waals surface area contributed by atoms with Gasteiger partial charge in [-0.15, -0.1) is 0 Å². The highest BCUT2D eigenvalue weighted by Crippen LogP contribution is 2.39. The minimum absolute atomic E-state index is 0.0561. The number of benzene rings is 2. The summed E-state index contributed by atoms with van der Waals surface area (Å²) in [5.74, 6) is -1.99. The number of hydrogen-bond donors (Lipinski definition) is 3. The molecule has 0 radical (unpaired) electrons. The van der Waals surface area contributed by atoms with E-state index >= 15 is 4.39 Å². The van der Waals surface area contributed by atoms with Gasteiger partial charge in [0.25, 0.3) is 5.91 Å². The molecule has 0 bridgehead atoms. The molecule has 4 N–H and O–H groups in total. The number of hydrogen-bond acceptors (Lipinski definition) is 6. The molecule has 1 fully saturated rings. The van der Waals surface area contributed by atoms with Crippen LogP contribution in [-0.4, -0.2) is 39.1 Å². The number of ether oxygens (including phenoxy) is 1.